The number of amidine groups is 1. The van der Waals surface area contributed by atoms with Crippen molar-refractivity contribution in [1.82, 2.24) is 0 Å². The average Bonchev–Trinajstić information content (AvgIpc) is 3.87. The van der Waals surface area contributed by atoms with Gasteiger partial charge in [-0.05, 0) is 104 Å². The lowest BCUT2D eigenvalue weighted by atomic mass is 9.72. The molecule has 2 aliphatic carbocycles. The minimum atomic E-state index is 0.100. The van der Waals surface area contributed by atoms with Crippen LogP contribution in [-0.4, -0.2) is 28.9 Å². The first-order valence-corrected chi connectivity index (χ1v) is 20.8. The summed E-state index contributed by atoms with van der Waals surface area (Å²) in [5.74, 6) is 4.04. The van der Waals surface area contributed by atoms with Crippen LogP contribution in [0.3, 0.4) is 0 Å². The molecule has 0 radical (unpaired) electrons. The molecule has 1 saturated heterocycles. The topological polar surface area (TPSA) is 65.0 Å². The van der Waals surface area contributed by atoms with E-state index in [1.54, 1.807) is 23.5 Å². The van der Waals surface area contributed by atoms with Crippen LogP contribution in [0.5, 0.6) is 0 Å². The van der Waals surface area contributed by atoms with Crippen LogP contribution >= 0.6 is 23.5 Å². The normalized spacial score (nSPS) is 29.1. The van der Waals surface area contributed by atoms with Crippen LogP contribution in [0.4, 0.5) is 17.1 Å². The Balaban J connectivity index is 0.780. The Labute approximate surface area is 297 Å². The lowest BCUT2D eigenvalue weighted by molar-refractivity contribution is 0.184. The SMILES string of the molecule is CCCC1CCC(CC2CCC(CCCc3ccc(N=NC4=CC5SC(N=Nc6ccc(N7CCCC7)cc6)=NC5S4)cc3)CC2)CC1. The third kappa shape index (κ3) is 9.41. The van der Waals surface area contributed by atoms with E-state index >= 15 is 0 Å². The Morgan fingerprint density at radius 1 is 0.688 bits per heavy atom. The Bertz CT molecular complexity index is 1430. The van der Waals surface area contributed by atoms with E-state index in [0.717, 1.165) is 58.3 Å². The molecule has 48 heavy (non-hydrogen) atoms. The highest BCUT2D eigenvalue weighted by Gasteiger charge is 2.36. The molecule has 2 saturated carbocycles. The molecule has 3 heterocycles. The zero-order chi connectivity index (χ0) is 32.5. The fourth-order valence-electron chi connectivity index (χ4n) is 8.64. The fraction of sp³-hybridized carbons (Fsp3) is 0.625. The second-order valence-electron chi connectivity index (χ2n) is 15.0. The van der Waals surface area contributed by atoms with Gasteiger partial charge < -0.3 is 4.90 Å². The van der Waals surface area contributed by atoms with Crippen molar-refractivity contribution >= 4 is 45.8 Å². The van der Waals surface area contributed by atoms with Gasteiger partial charge in [0.2, 0.25) is 5.17 Å². The van der Waals surface area contributed by atoms with Gasteiger partial charge in [0, 0.05) is 18.8 Å². The second-order valence-corrected chi connectivity index (χ2v) is 17.3. The molecule has 256 valence electrons. The second kappa shape index (κ2) is 17.0. The first-order valence-electron chi connectivity index (χ1n) is 19.1. The zero-order valence-electron chi connectivity index (χ0n) is 28.9. The van der Waals surface area contributed by atoms with Crippen molar-refractivity contribution < 1.29 is 0 Å². The molecule has 5 aliphatic rings. The Hall–Kier alpha value is -2.45. The van der Waals surface area contributed by atoms with Crippen LogP contribution < -0.4 is 4.90 Å². The van der Waals surface area contributed by atoms with E-state index in [2.05, 4.69) is 74.8 Å². The maximum atomic E-state index is 4.78. The first-order chi connectivity index (χ1) is 23.7. The maximum absolute atomic E-state index is 4.78. The van der Waals surface area contributed by atoms with Crippen molar-refractivity contribution in [3.63, 3.8) is 0 Å². The maximum Gasteiger partial charge on any atom is 0.206 e. The van der Waals surface area contributed by atoms with Crippen LogP contribution in [0.25, 0.3) is 0 Å². The van der Waals surface area contributed by atoms with Crippen LogP contribution in [0.15, 0.2) is 85.1 Å². The summed E-state index contributed by atoms with van der Waals surface area (Å²) >= 11 is 3.32. The van der Waals surface area contributed by atoms with Crippen molar-refractivity contribution in [3.05, 3.63) is 65.2 Å². The number of thioether (sulfide) groups is 2. The Kier molecular flexibility index (Phi) is 12.0. The summed E-state index contributed by atoms with van der Waals surface area (Å²) in [5, 5.41) is 20.0. The fourth-order valence-corrected chi connectivity index (χ4v) is 10.9. The highest BCUT2D eigenvalue weighted by atomic mass is 32.2. The van der Waals surface area contributed by atoms with Gasteiger partial charge in [-0.1, -0.05) is 113 Å². The van der Waals surface area contributed by atoms with Gasteiger partial charge >= 0.3 is 0 Å². The van der Waals surface area contributed by atoms with E-state index in [-0.39, 0.29) is 10.6 Å². The summed E-state index contributed by atoms with van der Waals surface area (Å²) in [4.78, 5) is 7.21. The number of rotatable bonds is 12. The van der Waals surface area contributed by atoms with E-state index in [4.69, 9.17) is 4.99 Å². The number of benzene rings is 2. The summed E-state index contributed by atoms with van der Waals surface area (Å²) in [5.41, 5.74) is 4.47. The molecule has 0 aromatic heterocycles. The van der Waals surface area contributed by atoms with E-state index in [9.17, 15) is 0 Å². The van der Waals surface area contributed by atoms with E-state index in [1.165, 1.54) is 114 Å². The summed E-state index contributed by atoms with van der Waals surface area (Å²) in [6.45, 7) is 4.65. The molecule has 2 aromatic rings. The molecule has 0 N–H and O–H groups in total. The van der Waals surface area contributed by atoms with Gasteiger partial charge in [0.25, 0.3) is 0 Å². The molecule has 3 aliphatic heterocycles. The number of azo groups is 2. The third-order valence-corrected chi connectivity index (χ3v) is 13.8. The van der Waals surface area contributed by atoms with Gasteiger partial charge in [-0.15, -0.1) is 15.3 Å². The van der Waals surface area contributed by atoms with Gasteiger partial charge in [-0.3, -0.25) is 0 Å². The largest absolute Gasteiger partial charge is 0.372 e. The van der Waals surface area contributed by atoms with E-state index < -0.39 is 0 Å². The number of anilines is 1. The van der Waals surface area contributed by atoms with Crippen molar-refractivity contribution in [2.24, 2.45) is 49.1 Å². The van der Waals surface area contributed by atoms with Crippen molar-refractivity contribution in [2.75, 3.05) is 18.0 Å². The molecule has 2 aromatic carbocycles. The van der Waals surface area contributed by atoms with Crippen LogP contribution in [0.2, 0.25) is 0 Å². The van der Waals surface area contributed by atoms with Crippen LogP contribution in [0, 0.1) is 23.7 Å². The van der Waals surface area contributed by atoms with E-state index in [1.807, 2.05) is 12.1 Å². The summed E-state index contributed by atoms with van der Waals surface area (Å²) in [7, 11) is 0. The summed E-state index contributed by atoms with van der Waals surface area (Å²) < 4.78 is 0. The number of hydrogen-bond donors (Lipinski definition) is 0. The molecule has 7 rings (SSSR count). The van der Waals surface area contributed by atoms with Gasteiger partial charge in [0.15, 0.2) is 0 Å². The molecule has 2 atom stereocenters. The monoisotopic (exact) mass is 682 g/mol. The van der Waals surface area contributed by atoms with Crippen molar-refractivity contribution in [2.45, 2.75) is 120 Å². The number of aliphatic imine (C=N–C) groups is 1. The number of aryl methyl sites for hydroxylation is 1. The zero-order valence-corrected chi connectivity index (χ0v) is 30.5. The first kappa shape index (κ1) is 34.0. The minimum absolute atomic E-state index is 0.100. The molecule has 3 fully saturated rings. The van der Waals surface area contributed by atoms with Crippen LogP contribution in [-0.2, 0) is 6.42 Å². The van der Waals surface area contributed by atoms with Crippen LogP contribution in [0.1, 0.15) is 109 Å². The molecule has 0 spiro atoms. The smallest absolute Gasteiger partial charge is 0.206 e. The van der Waals surface area contributed by atoms with E-state index in [0.29, 0.717) is 0 Å². The quantitative estimate of drug-likeness (QED) is 0.209. The van der Waals surface area contributed by atoms with Crippen molar-refractivity contribution in [1.29, 1.82) is 0 Å². The number of hydrogen-bond acceptors (Lipinski definition) is 8. The predicted molar refractivity (Wildman–Crippen MR) is 205 cm³/mol. The molecular weight excluding hydrogens is 629 g/mol. The highest BCUT2D eigenvalue weighted by molar-refractivity contribution is 8.16. The third-order valence-electron chi connectivity index (χ3n) is 11.5. The van der Waals surface area contributed by atoms with Gasteiger partial charge in [-0.25, -0.2) is 4.99 Å². The number of fused-ring (bicyclic) bond motifs is 1. The molecule has 6 nitrogen and oxygen atoms in total. The molecule has 0 bridgehead atoms. The lowest BCUT2D eigenvalue weighted by Crippen LogP contribution is -2.21. The lowest BCUT2D eigenvalue weighted by Gasteiger charge is -2.34. The van der Waals surface area contributed by atoms with Crippen molar-refractivity contribution in [3.8, 4) is 0 Å². The number of nitrogens with zero attached hydrogens (tertiary/aromatic N) is 6. The predicted octanol–water partition coefficient (Wildman–Crippen LogP) is 12.7. The van der Waals surface area contributed by atoms with Gasteiger partial charge in [0.1, 0.15) is 10.4 Å². The molecule has 2 unspecified atom stereocenters. The standard InChI is InChI=1S/C40H54N6S2/c1-2-6-29-9-13-32(14-10-29)27-33-15-11-30(12-16-33)7-5-8-31-17-19-34(20-18-31)42-44-38-28-37-39(48-38)41-40(47-37)45-43-35-21-23-36(24-22-35)46-25-3-4-26-46/h17-24,28-30,32-33,37,39H,2-16,25-27H2,1H3. The Morgan fingerprint density at radius 2 is 1.29 bits per heavy atom. The summed E-state index contributed by atoms with van der Waals surface area (Å²) in [6, 6.07) is 17.1. The summed E-state index contributed by atoms with van der Waals surface area (Å²) in [6.07, 6.45) is 24.9. The minimum Gasteiger partial charge on any atom is -0.372 e. The van der Waals surface area contributed by atoms with Gasteiger partial charge in [0.05, 0.1) is 16.6 Å². The molecule has 8 heteroatoms. The highest BCUT2D eigenvalue weighted by Crippen LogP contribution is 2.46. The van der Waals surface area contributed by atoms with Gasteiger partial charge in [-0.2, -0.15) is 5.11 Å². The molecular formula is C40H54N6S2. The molecule has 0 amide bonds. The Morgan fingerprint density at radius 3 is 1.94 bits per heavy atom. The average molecular weight is 683 g/mol.